The number of aryl methyl sites for hydroxylation is 2. The van der Waals surface area contributed by atoms with Crippen LogP contribution in [0.4, 0.5) is 0 Å². The molecule has 0 N–H and O–H groups in total. The lowest BCUT2D eigenvalue weighted by Crippen LogP contribution is -2.14. The van der Waals surface area contributed by atoms with E-state index in [1.165, 1.54) is 0 Å². The highest BCUT2D eigenvalue weighted by Gasteiger charge is 2.19. The summed E-state index contributed by atoms with van der Waals surface area (Å²) in [6.45, 7) is 2.75. The second-order valence-electron chi connectivity index (χ2n) is 5.27. The SMILES string of the molecule is Cc1ccccc1CC(=O)c1cccc2c1OCCC2. The second kappa shape index (κ2) is 5.49. The van der Waals surface area contributed by atoms with Crippen molar-refractivity contribution in [2.45, 2.75) is 26.2 Å². The van der Waals surface area contributed by atoms with Gasteiger partial charge in [0, 0.05) is 6.42 Å². The van der Waals surface area contributed by atoms with Crippen LogP contribution in [0.25, 0.3) is 0 Å². The number of benzene rings is 2. The number of ketones is 1. The van der Waals surface area contributed by atoms with E-state index >= 15 is 0 Å². The third-order valence-corrected chi connectivity index (χ3v) is 3.85. The van der Waals surface area contributed by atoms with Gasteiger partial charge in [0.1, 0.15) is 5.75 Å². The summed E-state index contributed by atoms with van der Waals surface area (Å²) in [5.74, 6) is 0.940. The first-order chi connectivity index (χ1) is 9.75. The molecule has 2 nitrogen and oxygen atoms in total. The first-order valence-electron chi connectivity index (χ1n) is 7.08. The molecule has 0 aliphatic carbocycles. The van der Waals surface area contributed by atoms with E-state index in [9.17, 15) is 4.79 Å². The maximum atomic E-state index is 12.6. The zero-order valence-electron chi connectivity index (χ0n) is 11.7. The van der Waals surface area contributed by atoms with Gasteiger partial charge in [0.15, 0.2) is 5.78 Å². The second-order valence-corrected chi connectivity index (χ2v) is 5.27. The number of rotatable bonds is 3. The Hall–Kier alpha value is -2.09. The van der Waals surface area contributed by atoms with Gasteiger partial charge in [-0.1, -0.05) is 36.4 Å². The van der Waals surface area contributed by atoms with Crippen LogP contribution in [0.2, 0.25) is 0 Å². The molecule has 1 heterocycles. The zero-order valence-corrected chi connectivity index (χ0v) is 11.7. The molecule has 1 aliphatic heterocycles. The normalized spacial score (nSPS) is 13.4. The molecule has 0 fully saturated rings. The van der Waals surface area contributed by atoms with Crippen molar-refractivity contribution in [3.63, 3.8) is 0 Å². The highest BCUT2D eigenvalue weighted by molar-refractivity contribution is 6.00. The van der Waals surface area contributed by atoms with Crippen LogP contribution in [0.5, 0.6) is 5.75 Å². The molecule has 2 aromatic carbocycles. The average Bonchev–Trinajstić information content (AvgIpc) is 2.49. The fourth-order valence-electron chi connectivity index (χ4n) is 2.69. The van der Waals surface area contributed by atoms with E-state index in [-0.39, 0.29) is 5.78 Å². The van der Waals surface area contributed by atoms with Crippen LogP contribution < -0.4 is 4.74 Å². The van der Waals surface area contributed by atoms with E-state index in [1.54, 1.807) is 0 Å². The number of ether oxygens (including phenoxy) is 1. The van der Waals surface area contributed by atoms with E-state index in [0.717, 1.165) is 40.8 Å². The molecular weight excluding hydrogens is 248 g/mol. The van der Waals surface area contributed by atoms with E-state index in [4.69, 9.17) is 4.74 Å². The number of fused-ring (bicyclic) bond motifs is 1. The van der Waals surface area contributed by atoms with Gasteiger partial charge in [-0.3, -0.25) is 4.79 Å². The predicted molar refractivity (Wildman–Crippen MR) is 79.5 cm³/mol. The van der Waals surface area contributed by atoms with E-state index in [1.807, 2.05) is 43.3 Å². The van der Waals surface area contributed by atoms with E-state index in [2.05, 4.69) is 6.07 Å². The lowest BCUT2D eigenvalue weighted by Gasteiger charge is -2.19. The van der Waals surface area contributed by atoms with Gasteiger partial charge in [0.05, 0.1) is 12.2 Å². The Morgan fingerprint density at radius 3 is 2.85 bits per heavy atom. The van der Waals surface area contributed by atoms with Crippen molar-refractivity contribution in [2.75, 3.05) is 6.61 Å². The Morgan fingerprint density at radius 1 is 1.15 bits per heavy atom. The summed E-state index contributed by atoms with van der Waals surface area (Å²) in [7, 11) is 0. The molecule has 1 aliphatic rings. The van der Waals surface area contributed by atoms with Gasteiger partial charge in [0.25, 0.3) is 0 Å². The topological polar surface area (TPSA) is 26.3 Å². The summed E-state index contributed by atoms with van der Waals surface area (Å²) in [4.78, 5) is 12.6. The monoisotopic (exact) mass is 266 g/mol. The van der Waals surface area contributed by atoms with Crippen molar-refractivity contribution < 1.29 is 9.53 Å². The summed E-state index contributed by atoms with van der Waals surface area (Å²) in [6, 6.07) is 13.9. The molecule has 2 heteroatoms. The molecule has 0 amide bonds. The number of carbonyl (C=O) groups is 1. The lowest BCUT2D eigenvalue weighted by atomic mass is 9.95. The molecular formula is C18H18O2. The van der Waals surface area contributed by atoms with Crippen molar-refractivity contribution in [2.24, 2.45) is 0 Å². The molecule has 0 atom stereocenters. The number of Topliss-reactive ketones (excluding diaryl/α,β-unsaturated/α-hetero) is 1. The Balaban J connectivity index is 1.90. The van der Waals surface area contributed by atoms with E-state index < -0.39 is 0 Å². The fourth-order valence-corrected chi connectivity index (χ4v) is 2.69. The Labute approximate surface area is 119 Å². The minimum atomic E-state index is 0.137. The highest BCUT2D eigenvalue weighted by Crippen LogP contribution is 2.30. The standard InChI is InChI=1S/C18H18O2/c1-13-6-2-3-7-15(13)12-17(19)16-10-4-8-14-9-5-11-20-18(14)16/h2-4,6-8,10H,5,9,11-12H2,1H3. The molecule has 0 spiro atoms. The maximum absolute atomic E-state index is 12.6. The van der Waals surface area contributed by atoms with Crippen molar-refractivity contribution in [1.29, 1.82) is 0 Å². The number of carbonyl (C=O) groups excluding carboxylic acids is 1. The molecule has 102 valence electrons. The van der Waals surface area contributed by atoms with E-state index in [0.29, 0.717) is 13.0 Å². The number of hydrogen-bond donors (Lipinski definition) is 0. The summed E-state index contributed by atoms with van der Waals surface area (Å²) < 4.78 is 5.72. The van der Waals surface area contributed by atoms with Gasteiger partial charge in [0.2, 0.25) is 0 Å². The number of hydrogen-bond acceptors (Lipinski definition) is 2. The molecule has 3 rings (SSSR count). The van der Waals surface area contributed by atoms with Crippen molar-refractivity contribution in [3.05, 3.63) is 64.7 Å². The van der Waals surface area contributed by atoms with Crippen molar-refractivity contribution in [3.8, 4) is 5.75 Å². The molecule has 0 bridgehead atoms. The minimum absolute atomic E-state index is 0.137. The Bertz CT molecular complexity index is 644. The molecule has 0 saturated heterocycles. The summed E-state index contributed by atoms with van der Waals surface area (Å²) in [5.41, 5.74) is 4.13. The van der Waals surface area contributed by atoms with Gasteiger partial charge >= 0.3 is 0 Å². The van der Waals surface area contributed by atoms with Crippen LogP contribution in [0.3, 0.4) is 0 Å². The third-order valence-electron chi connectivity index (χ3n) is 3.85. The Kier molecular flexibility index (Phi) is 3.55. The first kappa shape index (κ1) is 12.9. The molecule has 0 unspecified atom stereocenters. The largest absolute Gasteiger partial charge is 0.493 e. The van der Waals surface area contributed by atoms with Gasteiger partial charge in [-0.15, -0.1) is 0 Å². The first-order valence-corrected chi connectivity index (χ1v) is 7.08. The summed E-state index contributed by atoms with van der Waals surface area (Å²) in [6.07, 6.45) is 2.47. The number of para-hydroxylation sites is 1. The van der Waals surface area contributed by atoms with Gasteiger partial charge in [-0.25, -0.2) is 0 Å². The van der Waals surface area contributed by atoms with Crippen LogP contribution in [-0.2, 0) is 12.8 Å². The van der Waals surface area contributed by atoms with Crippen LogP contribution in [0, 0.1) is 6.92 Å². The summed E-state index contributed by atoms with van der Waals surface area (Å²) in [5, 5.41) is 0. The Morgan fingerprint density at radius 2 is 2.00 bits per heavy atom. The van der Waals surface area contributed by atoms with Crippen molar-refractivity contribution in [1.82, 2.24) is 0 Å². The quantitative estimate of drug-likeness (QED) is 0.791. The van der Waals surface area contributed by atoms with Crippen LogP contribution in [-0.4, -0.2) is 12.4 Å². The molecule has 0 aromatic heterocycles. The summed E-state index contributed by atoms with van der Waals surface area (Å²) >= 11 is 0. The minimum Gasteiger partial charge on any atom is -0.493 e. The molecule has 20 heavy (non-hydrogen) atoms. The lowest BCUT2D eigenvalue weighted by molar-refractivity contribution is 0.0988. The maximum Gasteiger partial charge on any atom is 0.170 e. The highest BCUT2D eigenvalue weighted by atomic mass is 16.5. The van der Waals surface area contributed by atoms with Gasteiger partial charge < -0.3 is 4.74 Å². The third kappa shape index (κ3) is 2.46. The molecule has 0 radical (unpaired) electrons. The van der Waals surface area contributed by atoms with Crippen LogP contribution in [0.15, 0.2) is 42.5 Å². The van der Waals surface area contributed by atoms with Crippen molar-refractivity contribution >= 4 is 5.78 Å². The predicted octanol–water partition coefficient (Wildman–Crippen LogP) is 3.75. The molecule has 2 aromatic rings. The zero-order chi connectivity index (χ0) is 13.9. The fraction of sp³-hybridized carbons (Fsp3) is 0.278. The molecule has 0 saturated carbocycles. The average molecular weight is 266 g/mol. The van der Waals surface area contributed by atoms with Gasteiger partial charge in [-0.05, 0) is 42.5 Å². The smallest absolute Gasteiger partial charge is 0.170 e. The van der Waals surface area contributed by atoms with Gasteiger partial charge in [-0.2, -0.15) is 0 Å². The van der Waals surface area contributed by atoms with Crippen LogP contribution >= 0.6 is 0 Å². The van der Waals surface area contributed by atoms with Crippen LogP contribution in [0.1, 0.15) is 33.5 Å².